The summed E-state index contributed by atoms with van der Waals surface area (Å²) < 4.78 is 5.66. The number of amides is 1. The molecule has 1 atom stereocenters. The molecule has 1 N–H and O–H groups in total. The molecule has 0 aliphatic rings. The lowest BCUT2D eigenvalue weighted by atomic mass is 10.0. The van der Waals surface area contributed by atoms with Crippen molar-refractivity contribution in [1.29, 1.82) is 0 Å². The van der Waals surface area contributed by atoms with Crippen LogP contribution in [0.25, 0.3) is 0 Å². The summed E-state index contributed by atoms with van der Waals surface area (Å²) in [4.78, 5) is 12.1. The molecule has 0 aliphatic carbocycles. The first-order valence-electron chi connectivity index (χ1n) is 8.64. The molecule has 0 saturated heterocycles. The fourth-order valence-electron chi connectivity index (χ4n) is 2.54. The molecule has 0 spiro atoms. The Morgan fingerprint density at radius 2 is 1.58 bits per heavy atom. The van der Waals surface area contributed by atoms with Crippen LogP contribution in [0.3, 0.4) is 0 Å². The van der Waals surface area contributed by atoms with Crippen LogP contribution >= 0.6 is 0 Å². The van der Waals surface area contributed by atoms with Gasteiger partial charge in [0.2, 0.25) is 5.91 Å². The van der Waals surface area contributed by atoms with Crippen LogP contribution in [-0.2, 0) is 4.79 Å². The Morgan fingerprint density at radius 3 is 2.17 bits per heavy atom. The van der Waals surface area contributed by atoms with Crippen molar-refractivity contribution in [2.24, 2.45) is 0 Å². The summed E-state index contributed by atoms with van der Waals surface area (Å²) in [5, 5.41) is 3.11. The van der Waals surface area contributed by atoms with Gasteiger partial charge in [-0.25, -0.2) is 0 Å². The van der Waals surface area contributed by atoms with Crippen molar-refractivity contribution in [2.45, 2.75) is 46.1 Å². The van der Waals surface area contributed by atoms with Crippen molar-refractivity contribution in [3.8, 4) is 5.75 Å². The van der Waals surface area contributed by atoms with Crippen LogP contribution in [0.15, 0.2) is 48.5 Å². The van der Waals surface area contributed by atoms with Crippen molar-refractivity contribution in [3.05, 3.63) is 65.2 Å². The molecule has 3 nitrogen and oxygen atoms in total. The van der Waals surface area contributed by atoms with Crippen LogP contribution in [0.5, 0.6) is 5.75 Å². The molecule has 0 radical (unpaired) electrons. The van der Waals surface area contributed by atoms with Crippen LogP contribution < -0.4 is 10.1 Å². The van der Waals surface area contributed by atoms with E-state index < -0.39 is 0 Å². The van der Waals surface area contributed by atoms with Gasteiger partial charge >= 0.3 is 0 Å². The molecule has 0 fully saturated rings. The maximum atomic E-state index is 12.1. The Bertz CT molecular complexity index is 632. The van der Waals surface area contributed by atoms with E-state index in [-0.39, 0.29) is 11.9 Å². The Hall–Kier alpha value is -2.29. The number of benzene rings is 2. The van der Waals surface area contributed by atoms with E-state index in [4.69, 9.17) is 4.74 Å². The van der Waals surface area contributed by atoms with Crippen LogP contribution in [0.4, 0.5) is 0 Å². The van der Waals surface area contributed by atoms with Gasteiger partial charge in [-0.1, -0.05) is 54.4 Å². The number of carbonyl (C=O) groups excluding carboxylic acids is 1. The topological polar surface area (TPSA) is 38.3 Å². The summed E-state index contributed by atoms with van der Waals surface area (Å²) >= 11 is 0. The van der Waals surface area contributed by atoms with E-state index in [1.807, 2.05) is 31.2 Å². The maximum absolute atomic E-state index is 12.1. The Kier molecular flexibility index (Phi) is 6.86. The van der Waals surface area contributed by atoms with Gasteiger partial charge in [-0.05, 0) is 44.4 Å². The molecule has 0 aliphatic heterocycles. The van der Waals surface area contributed by atoms with E-state index in [0.29, 0.717) is 19.4 Å². The van der Waals surface area contributed by atoms with Gasteiger partial charge in [0, 0.05) is 6.42 Å². The molecule has 128 valence electrons. The quantitative estimate of drug-likeness (QED) is 0.713. The van der Waals surface area contributed by atoms with E-state index in [1.54, 1.807) is 0 Å². The minimum absolute atomic E-state index is 0.0786. The van der Waals surface area contributed by atoms with E-state index in [2.05, 4.69) is 43.4 Å². The molecular formula is C21H27NO2. The van der Waals surface area contributed by atoms with Crippen LogP contribution in [0, 0.1) is 13.8 Å². The molecule has 2 aromatic rings. The smallest absolute Gasteiger partial charge is 0.220 e. The third kappa shape index (κ3) is 5.73. The van der Waals surface area contributed by atoms with Crippen LogP contribution in [0.1, 0.15) is 48.9 Å². The summed E-state index contributed by atoms with van der Waals surface area (Å²) in [7, 11) is 0. The number of rotatable bonds is 8. The molecule has 2 aromatic carbocycles. The van der Waals surface area contributed by atoms with Crippen molar-refractivity contribution in [1.82, 2.24) is 5.32 Å². The van der Waals surface area contributed by atoms with Crippen molar-refractivity contribution in [3.63, 3.8) is 0 Å². The third-order valence-electron chi connectivity index (χ3n) is 4.06. The molecule has 24 heavy (non-hydrogen) atoms. The summed E-state index contributed by atoms with van der Waals surface area (Å²) in [6.45, 7) is 6.76. The number of hydrogen-bond acceptors (Lipinski definition) is 2. The number of carbonyl (C=O) groups is 1. The number of hydrogen-bond donors (Lipinski definition) is 1. The molecule has 0 bridgehead atoms. The van der Waals surface area contributed by atoms with Crippen LogP contribution in [-0.4, -0.2) is 12.5 Å². The van der Waals surface area contributed by atoms with Gasteiger partial charge in [-0.2, -0.15) is 0 Å². The minimum atomic E-state index is 0.0786. The Labute approximate surface area is 145 Å². The average molecular weight is 325 g/mol. The summed E-state index contributed by atoms with van der Waals surface area (Å²) in [5.41, 5.74) is 3.60. The van der Waals surface area contributed by atoms with Gasteiger partial charge in [-0.3, -0.25) is 4.79 Å². The first-order chi connectivity index (χ1) is 11.6. The van der Waals surface area contributed by atoms with E-state index in [1.165, 1.54) is 11.1 Å². The highest BCUT2D eigenvalue weighted by Crippen LogP contribution is 2.17. The first kappa shape index (κ1) is 18.1. The highest BCUT2D eigenvalue weighted by Gasteiger charge is 2.12. The normalized spacial score (nSPS) is 11.8. The first-order valence-corrected chi connectivity index (χ1v) is 8.64. The minimum Gasteiger partial charge on any atom is -0.494 e. The second-order valence-corrected chi connectivity index (χ2v) is 6.20. The second kappa shape index (κ2) is 9.11. The largest absolute Gasteiger partial charge is 0.494 e. The zero-order valence-electron chi connectivity index (χ0n) is 14.8. The lowest BCUT2D eigenvalue weighted by Gasteiger charge is -2.18. The molecule has 1 amide bonds. The van der Waals surface area contributed by atoms with E-state index in [9.17, 15) is 4.79 Å². The summed E-state index contributed by atoms with van der Waals surface area (Å²) in [6.07, 6.45) is 2.08. The zero-order valence-corrected chi connectivity index (χ0v) is 14.8. The van der Waals surface area contributed by atoms with Gasteiger partial charge in [0.1, 0.15) is 5.75 Å². The molecule has 2 rings (SSSR count). The highest BCUT2D eigenvalue weighted by molar-refractivity contribution is 5.76. The lowest BCUT2D eigenvalue weighted by Crippen LogP contribution is -2.28. The molecule has 0 aromatic heterocycles. The Balaban J connectivity index is 1.73. The van der Waals surface area contributed by atoms with Gasteiger partial charge in [0.05, 0.1) is 12.6 Å². The van der Waals surface area contributed by atoms with Gasteiger partial charge in [0.15, 0.2) is 0 Å². The zero-order chi connectivity index (χ0) is 17.4. The predicted octanol–water partition coefficient (Wildman–Crippen LogP) is 4.73. The van der Waals surface area contributed by atoms with Gasteiger partial charge in [0.25, 0.3) is 0 Å². The van der Waals surface area contributed by atoms with Crippen molar-refractivity contribution >= 4 is 5.91 Å². The third-order valence-corrected chi connectivity index (χ3v) is 4.06. The molecular weight excluding hydrogens is 298 g/mol. The Morgan fingerprint density at radius 1 is 1.00 bits per heavy atom. The lowest BCUT2D eigenvalue weighted by molar-refractivity contribution is -0.122. The monoisotopic (exact) mass is 325 g/mol. The van der Waals surface area contributed by atoms with Gasteiger partial charge in [-0.15, -0.1) is 0 Å². The predicted molar refractivity (Wildman–Crippen MR) is 98.3 cm³/mol. The average Bonchev–Trinajstić information content (AvgIpc) is 2.59. The van der Waals surface area contributed by atoms with Crippen LogP contribution in [0.2, 0.25) is 0 Å². The fourth-order valence-corrected chi connectivity index (χ4v) is 2.54. The summed E-state index contributed by atoms with van der Waals surface area (Å²) in [6, 6.07) is 16.4. The number of nitrogens with one attached hydrogen (secondary N) is 1. The molecule has 0 heterocycles. The number of ether oxygens (including phenoxy) is 1. The number of aryl methyl sites for hydroxylation is 2. The second-order valence-electron chi connectivity index (χ2n) is 6.20. The highest BCUT2D eigenvalue weighted by atomic mass is 16.5. The SMILES string of the molecule is CC[C@H](NC(=O)CCCOc1ccc(C)cc1)c1ccc(C)cc1. The molecule has 3 heteroatoms. The fraction of sp³-hybridized carbons (Fsp3) is 0.381. The van der Waals surface area contributed by atoms with E-state index >= 15 is 0 Å². The van der Waals surface area contributed by atoms with E-state index in [0.717, 1.165) is 17.7 Å². The maximum Gasteiger partial charge on any atom is 0.220 e. The van der Waals surface area contributed by atoms with Crippen molar-refractivity contribution in [2.75, 3.05) is 6.61 Å². The molecule has 0 saturated carbocycles. The summed E-state index contributed by atoms with van der Waals surface area (Å²) in [5.74, 6) is 0.932. The standard InChI is InChI=1S/C21H27NO2/c1-4-20(18-11-7-16(2)8-12-18)22-21(23)6-5-15-24-19-13-9-17(3)10-14-19/h7-14,20H,4-6,15H2,1-3H3,(H,22,23)/t20-/m0/s1. The van der Waals surface area contributed by atoms with Gasteiger partial charge < -0.3 is 10.1 Å². The molecule has 0 unspecified atom stereocenters. The van der Waals surface area contributed by atoms with Crippen molar-refractivity contribution < 1.29 is 9.53 Å².